The van der Waals surface area contributed by atoms with Crippen LogP contribution in [0.2, 0.25) is 0 Å². The minimum absolute atomic E-state index is 0.0242. The molecule has 1 unspecified atom stereocenters. The first-order valence-corrected chi connectivity index (χ1v) is 13.4. The topological polar surface area (TPSA) is 116 Å². The summed E-state index contributed by atoms with van der Waals surface area (Å²) >= 11 is 0. The number of aromatic nitrogens is 2. The number of carbonyl (C=O) groups excluding carboxylic acids is 1. The van der Waals surface area contributed by atoms with Crippen molar-refractivity contribution in [2.24, 2.45) is 0 Å². The van der Waals surface area contributed by atoms with Crippen molar-refractivity contribution in [2.75, 3.05) is 25.0 Å². The van der Waals surface area contributed by atoms with Crippen LogP contribution in [0.25, 0.3) is 22.2 Å². The second-order valence-corrected chi connectivity index (χ2v) is 9.67. The highest BCUT2D eigenvalue weighted by Gasteiger charge is 2.27. The zero-order valence-electron chi connectivity index (χ0n) is 22.4. The summed E-state index contributed by atoms with van der Waals surface area (Å²) < 4.78 is 17.6. The number of ether oxygens (including phenoxy) is 2. The van der Waals surface area contributed by atoms with Crippen LogP contribution >= 0.6 is 0 Å². The van der Waals surface area contributed by atoms with Crippen LogP contribution in [0, 0.1) is 0 Å². The molecular weight excluding hydrogens is 520 g/mol. The van der Waals surface area contributed by atoms with E-state index < -0.39 is 11.7 Å². The molecule has 0 bridgehead atoms. The van der Waals surface area contributed by atoms with Crippen LogP contribution in [0.4, 0.5) is 11.6 Å². The van der Waals surface area contributed by atoms with E-state index in [1.54, 1.807) is 12.3 Å². The zero-order valence-corrected chi connectivity index (χ0v) is 22.4. The number of fused-ring (bicyclic) bond motifs is 1. The van der Waals surface area contributed by atoms with Crippen LogP contribution in [0.15, 0.2) is 94.3 Å². The molecule has 206 valence electrons. The molecule has 9 heteroatoms. The van der Waals surface area contributed by atoms with E-state index in [1.165, 1.54) is 6.92 Å². The normalized spacial score (nSPS) is 15.0. The third-order valence-electron chi connectivity index (χ3n) is 6.86. The number of para-hydroxylation sites is 1. The van der Waals surface area contributed by atoms with E-state index >= 15 is 0 Å². The molecule has 9 nitrogen and oxygen atoms in total. The highest BCUT2D eigenvalue weighted by molar-refractivity contribution is 6.00. The number of Topliss-reactive ketones (excluding diaryl/α,β-unsaturated/α-hetero) is 1. The number of nitrogens with zero attached hydrogens (tertiary/aromatic N) is 2. The number of anilines is 2. The molecule has 6 rings (SSSR count). The third kappa shape index (κ3) is 5.72. The van der Waals surface area contributed by atoms with Crippen molar-refractivity contribution in [3.8, 4) is 17.0 Å². The van der Waals surface area contributed by atoms with Gasteiger partial charge in [0.1, 0.15) is 23.5 Å². The summed E-state index contributed by atoms with van der Waals surface area (Å²) in [5.41, 5.74) is 3.44. The molecule has 1 aliphatic rings. The molecule has 1 saturated heterocycles. The van der Waals surface area contributed by atoms with Crippen molar-refractivity contribution < 1.29 is 18.7 Å². The number of ketones is 1. The maximum atomic E-state index is 12.9. The Hall–Kier alpha value is -4.86. The molecule has 0 saturated carbocycles. The lowest BCUT2D eigenvalue weighted by Crippen LogP contribution is -2.35. The molecule has 0 aliphatic carbocycles. The molecule has 41 heavy (non-hydrogen) atoms. The molecule has 0 radical (unpaired) electrons. The Kier molecular flexibility index (Phi) is 7.53. The fraction of sp³-hybridized carbons (Fsp3) is 0.188. The van der Waals surface area contributed by atoms with E-state index in [0.29, 0.717) is 65.9 Å². The summed E-state index contributed by atoms with van der Waals surface area (Å²) in [5, 5.41) is 7.11. The molecule has 0 amide bonds. The van der Waals surface area contributed by atoms with Gasteiger partial charge in [0.25, 0.3) is 0 Å². The lowest BCUT2D eigenvalue weighted by molar-refractivity contribution is 0.0277. The minimum Gasteiger partial charge on any atom is -0.488 e. The van der Waals surface area contributed by atoms with Crippen LogP contribution in [0.1, 0.15) is 34.5 Å². The van der Waals surface area contributed by atoms with Crippen molar-refractivity contribution in [2.45, 2.75) is 19.6 Å². The molecule has 3 heterocycles. The van der Waals surface area contributed by atoms with Crippen LogP contribution in [-0.4, -0.2) is 35.4 Å². The van der Waals surface area contributed by atoms with Gasteiger partial charge in [-0.25, -0.2) is 14.8 Å². The van der Waals surface area contributed by atoms with Crippen LogP contribution < -0.4 is 21.0 Å². The van der Waals surface area contributed by atoms with Crippen molar-refractivity contribution in [3.05, 3.63) is 112 Å². The molecule has 2 aromatic heterocycles. The van der Waals surface area contributed by atoms with Gasteiger partial charge in [0.05, 0.1) is 18.4 Å². The van der Waals surface area contributed by atoms with Crippen LogP contribution in [0.3, 0.4) is 0 Å². The number of nitrogens with one attached hydrogen (secondary N) is 2. The lowest BCUT2D eigenvalue weighted by Gasteiger charge is -2.26. The average molecular weight is 549 g/mol. The van der Waals surface area contributed by atoms with E-state index in [9.17, 15) is 9.59 Å². The van der Waals surface area contributed by atoms with Crippen LogP contribution in [-0.2, 0) is 11.3 Å². The first kappa shape index (κ1) is 26.4. The molecular formula is C32H28N4O5. The maximum absolute atomic E-state index is 12.9. The Balaban J connectivity index is 1.29. The van der Waals surface area contributed by atoms with E-state index in [4.69, 9.17) is 18.9 Å². The maximum Gasteiger partial charge on any atom is 0.347 e. The molecule has 0 spiro atoms. The van der Waals surface area contributed by atoms with Gasteiger partial charge in [-0.1, -0.05) is 42.5 Å². The zero-order chi connectivity index (χ0) is 28.2. The summed E-state index contributed by atoms with van der Waals surface area (Å²) in [4.78, 5) is 34.4. The Bertz CT molecular complexity index is 1760. The smallest absolute Gasteiger partial charge is 0.347 e. The monoisotopic (exact) mass is 548 g/mol. The van der Waals surface area contributed by atoms with E-state index in [0.717, 1.165) is 11.1 Å². The van der Waals surface area contributed by atoms with Gasteiger partial charge >= 0.3 is 5.63 Å². The summed E-state index contributed by atoms with van der Waals surface area (Å²) in [5.74, 6) is 0.717. The number of hydrogen-bond donors (Lipinski definition) is 2. The van der Waals surface area contributed by atoms with Gasteiger partial charge in [-0.3, -0.25) is 4.79 Å². The summed E-state index contributed by atoms with van der Waals surface area (Å²) in [6.07, 6.45) is 1.24. The molecule has 3 aromatic carbocycles. The predicted molar refractivity (Wildman–Crippen MR) is 156 cm³/mol. The van der Waals surface area contributed by atoms with Gasteiger partial charge in [-0.15, -0.1) is 0 Å². The summed E-state index contributed by atoms with van der Waals surface area (Å²) in [7, 11) is 0. The standard InChI is InChI=1S/C32H28N4O5/c1-20(37)29-30(28-18-33-15-16-39-28)24-12-11-22(17-27(24)41-31(29)38)35-32-34-14-13-25(36-32)23-9-5-6-10-26(23)40-19-21-7-3-2-4-8-21/h2-14,17,28,33H,15-16,18-19H2,1H3,(H,34,35,36). The highest BCUT2D eigenvalue weighted by Crippen LogP contribution is 2.33. The first-order valence-electron chi connectivity index (χ1n) is 13.4. The van der Waals surface area contributed by atoms with E-state index in [2.05, 4.69) is 15.6 Å². The number of rotatable bonds is 8. The fourth-order valence-electron chi connectivity index (χ4n) is 4.96. The third-order valence-corrected chi connectivity index (χ3v) is 6.86. The fourth-order valence-corrected chi connectivity index (χ4v) is 4.96. The highest BCUT2D eigenvalue weighted by atomic mass is 16.5. The number of benzene rings is 3. The first-order chi connectivity index (χ1) is 20.1. The summed E-state index contributed by atoms with van der Waals surface area (Å²) in [6.45, 7) is 3.49. The van der Waals surface area contributed by atoms with Crippen molar-refractivity contribution in [3.63, 3.8) is 0 Å². The van der Waals surface area contributed by atoms with Crippen molar-refractivity contribution in [1.29, 1.82) is 0 Å². The van der Waals surface area contributed by atoms with Gasteiger partial charge in [0.15, 0.2) is 5.78 Å². The second-order valence-electron chi connectivity index (χ2n) is 9.67. The summed E-state index contributed by atoms with van der Waals surface area (Å²) in [6, 6.07) is 24.9. The quantitative estimate of drug-likeness (QED) is 0.193. The SMILES string of the molecule is CC(=O)c1c(C2CNCCO2)c2ccc(Nc3nccc(-c4ccccc4OCc4ccccc4)n3)cc2oc1=O. The molecule has 2 N–H and O–H groups in total. The van der Waals surface area contributed by atoms with Crippen molar-refractivity contribution >= 4 is 28.4 Å². The average Bonchev–Trinajstić information content (AvgIpc) is 3.00. The molecule has 1 aliphatic heterocycles. The molecule has 1 fully saturated rings. The van der Waals surface area contributed by atoms with E-state index in [1.807, 2.05) is 72.8 Å². The largest absolute Gasteiger partial charge is 0.488 e. The van der Waals surface area contributed by atoms with Gasteiger partial charge in [0.2, 0.25) is 5.95 Å². The predicted octanol–water partition coefficient (Wildman–Crippen LogP) is 5.44. The second kappa shape index (κ2) is 11.7. The van der Waals surface area contributed by atoms with E-state index in [-0.39, 0.29) is 11.3 Å². The van der Waals surface area contributed by atoms with Crippen molar-refractivity contribution in [1.82, 2.24) is 15.3 Å². The van der Waals surface area contributed by atoms with Crippen LogP contribution in [0.5, 0.6) is 5.75 Å². The Labute approximate surface area is 236 Å². The Morgan fingerprint density at radius 3 is 2.71 bits per heavy atom. The number of morpholine rings is 1. The molecule has 5 aromatic rings. The number of carbonyl (C=O) groups is 1. The number of hydrogen-bond acceptors (Lipinski definition) is 9. The Morgan fingerprint density at radius 2 is 1.90 bits per heavy atom. The van der Waals surface area contributed by atoms with Gasteiger partial charge < -0.3 is 24.5 Å². The Morgan fingerprint density at radius 1 is 1.07 bits per heavy atom. The minimum atomic E-state index is -0.684. The molecule has 1 atom stereocenters. The van der Waals surface area contributed by atoms with Gasteiger partial charge in [0, 0.05) is 47.6 Å². The van der Waals surface area contributed by atoms with Gasteiger partial charge in [-0.05, 0) is 42.8 Å². The lowest BCUT2D eigenvalue weighted by atomic mass is 9.96. The van der Waals surface area contributed by atoms with Gasteiger partial charge in [-0.2, -0.15) is 0 Å².